The fourth-order valence-electron chi connectivity index (χ4n) is 2.92. The molecule has 120 valence electrons. The Balaban J connectivity index is 2.51. The summed E-state index contributed by atoms with van der Waals surface area (Å²) in [5.41, 5.74) is 8.07. The van der Waals surface area contributed by atoms with E-state index in [0.29, 0.717) is 12.2 Å². The van der Waals surface area contributed by atoms with E-state index < -0.39 is 11.5 Å². The number of fused-ring (bicyclic) bond motifs is 1. The number of nitrogen functional groups attached to an aromatic ring is 1. The topological polar surface area (TPSA) is 63.4 Å². The van der Waals surface area contributed by atoms with Gasteiger partial charge in [-0.3, -0.25) is 9.59 Å². The molecule has 0 spiro atoms. The molecule has 1 unspecified atom stereocenters. The first-order valence-electron chi connectivity index (χ1n) is 7.86. The van der Waals surface area contributed by atoms with E-state index >= 15 is 0 Å². The first-order chi connectivity index (χ1) is 10.1. The first kappa shape index (κ1) is 16.5. The summed E-state index contributed by atoms with van der Waals surface area (Å²) < 4.78 is 0. The molecule has 1 aromatic rings. The summed E-state index contributed by atoms with van der Waals surface area (Å²) in [6, 6.07) is 5.15. The second kappa shape index (κ2) is 5.75. The number of amides is 1. The van der Waals surface area contributed by atoms with Crippen molar-refractivity contribution in [2.75, 3.05) is 12.3 Å². The summed E-state index contributed by atoms with van der Waals surface area (Å²) in [6.45, 7) is 10.0. The van der Waals surface area contributed by atoms with Gasteiger partial charge in [0.15, 0.2) is 5.78 Å². The number of nitrogens with two attached hydrogens (primary N) is 1. The number of rotatable bonds is 2. The van der Waals surface area contributed by atoms with Crippen molar-refractivity contribution in [3.05, 3.63) is 29.3 Å². The molecule has 1 heterocycles. The Kier molecular flexibility index (Phi) is 4.32. The molecule has 1 aliphatic rings. The molecule has 0 saturated carbocycles. The Morgan fingerprint density at radius 1 is 1.27 bits per heavy atom. The van der Waals surface area contributed by atoms with Gasteiger partial charge in [0.25, 0.3) is 0 Å². The molecular formula is C18H26N2O2. The first-order valence-corrected chi connectivity index (χ1v) is 7.86. The smallest absolute Gasteiger partial charge is 0.228 e. The Morgan fingerprint density at radius 2 is 1.91 bits per heavy atom. The van der Waals surface area contributed by atoms with Gasteiger partial charge in [-0.25, -0.2) is 0 Å². The molecule has 2 N–H and O–H groups in total. The maximum absolute atomic E-state index is 12.8. The highest BCUT2D eigenvalue weighted by Crippen LogP contribution is 2.36. The number of Topliss-reactive ketones (excluding diaryl/α,β-unsaturated/α-hetero) is 1. The molecule has 0 aliphatic carbocycles. The van der Waals surface area contributed by atoms with Crippen molar-refractivity contribution in [1.29, 1.82) is 0 Å². The number of benzene rings is 1. The van der Waals surface area contributed by atoms with Crippen LogP contribution in [-0.4, -0.2) is 23.1 Å². The highest BCUT2D eigenvalue weighted by Gasteiger charge is 2.40. The third kappa shape index (κ3) is 3.01. The van der Waals surface area contributed by atoms with E-state index in [2.05, 4.69) is 0 Å². The van der Waals surface area contributed by atoms with E-state index in [1.807, 2.05) is 52.8 Å². The highest BCUT2D eigenvalue weighted by molar-refractivity contribution is 5.93. The van der Waals surface area contributed by atoms with E-state index in [9.17, 15) is 9.59 Å². The summed E-state index contributed by atoms with van der Waals surface area (Å²) in [6.07, 6.45) is 0.740. The molecule has 1 atom stereocenters. The molecular weight excluding hydrogens is 276 g/mol. The Morgan fingerprint density at radius 3 is 2.45 bits per heavy atom. The van der Waals surface area contributed by atoms with E-state index in [-0.39, 0.29) is 17.6 Å². The lowest BCUT2D eigenvalue weighted by atomic mass is 9.84. The molecule has 0 radical (unpaired) electrons. The van der Waals surface area contributed by atoms with Crippen LogP contribution in [0.5, 0.6) is 0 Å². The van der Waals surface area contributed by atoms with Crippen molar-refractivity contribution in [3.8, 4) is 0 Å². The van der Waals surface area contributed by atoms with Gasteiger partial charge in [-0.1, -0.05) is 40.7 Å². The highest BCUT2D eigenvalue weighted by atomic mass is 16.2. The van der Waals surface area contributed by atoms with Crippen LogP contribution in [0.4, 0.5) is 5.69 Å². The predicted octanol–water partition coefficient (Wildman–Crippen LogP) is 2.97. The molecule has 1 aromatic carbocycles. The lowest BCUT2D eigenvalue weighted by molar-refractivity contribution is -0.147. The van der Waals surface area contributed by atoms with Crippen molar-refractivity contribution in [1.82, 2.24) is 4.90 Å². The van der Waals surface area contributed by atoms with Gasteiger partial charge < -0.3 is 10.6 Å². The molecule has 0 bridgehead atoms. The number of carbonyl (C=O) groups excluding carboxylic acids is 2. The quantitative estimate of drug-likeness (QED) is 0.854. The predicted molar refractivity (Wildman–Crippen MR) is 88.3 cm³/mol. The zero-order chi connectivity index (χ0) is 16.7. The summed E-state index contributed by atoms with van der Waals surface area (Å²) in [7, 11) is 0. The third-order valence-electron chi connectivity index (χ3n) is 4.14. The van der Waals surface area contributed by atoms with Gasteiger partial charge in [0.1, 0.15) is 6.04 Å². The normalized spacial score (nSPS) is 18.3. The van der Waals surface area contributed by atoms with Crippen LogP contribution in [0.25, 0.3) is 0 Å². The van der Waals surface area contributed by atoms with Crippen LogP contribution in [0.2, 0.25) is 0 Å². The second-order valence-corrected chi connectivity index (χ2v) is 7.42. The van der Waals surface area contributed by atoms with Gasteiger partial charge in [-0.2, -0.15) is 0 Å². The van der Waals surface area contributed by atoms with Crippen LogP contribution in [0.3, 0.4) is 0 Å². The lowest BCUT2D eigenvalue weighted by Gasteiger charge is -2.40. The second-order valence-electron chi connectivity index (χ2n) is 7.42. The minimum absolute atomic E-state index is 0.0222. The van der Waals surface area contributed by atoms with Gasteiger partial charge in [0, 0.05) is 23.6 Å². The molecule has 1 amide bonds. The van der Waals surface area contributed by atoms with Crippen molar-refractivity contribution in [2.24, 2.45) is 11.3 Å². The average molecular weight is 302 g/mol. The summed E-state index contributed by atoms with van der Waals surface area (Å²) in [5, 5.41) is 0. The van der Waals surface area contributed by atoms with Crippen LogP contribution in [0.15, 0.2) is 18.2 Å². The summed E-state index contributed by atoms with van der Waals surface area (Å²) in [5.74, 6) is -0.0129. The van der Waals surface area contributed by atoms with E-state index in [0.717, 1.165) is 17.5 Å². The SMILES string of the molecule is CC(C)C(=O)C1c2ccc(N)cc2CCN1C(=O)C(C)(C)C. The molecule has 0 aromatic heterocycles. The Hall–Kier alpha value is -1.84. The largest absolute Gasteiger partial charge is 0.399 e. The molecule has 22 heavy (non-hydrogen) atoms. The van der Waals surface area contributed by atoms with E-state index in [1.165, 1.54) is 0 Å². The van der Waals surface area contributed by atoms with Gasteiger partial charge in [0.05, 0.1) is 0 Å². The number of anilines is 1. The Labute approximate surface area is 132 Å². The van der Waals surface area contributed by atoms with E-state index in [4.69, 9.17) is 5.73 Å². The van der Waals surface area contributed by atoms with Crippen molar-refractivity contribution in [2.45, 2.75) is 47.1 Å². The standard InChI is InChI=1S/C18H26N2O2/c1-11(2)16(21)15-14-7-6-13(19)10-12(14)8-9-20(15)17(22)18(3,4)5/h6-7,10-11,15H,8-9,19H2,1-5H3. The fraction of sp³-hybridized carbons (Fsp3) is 0.556. The van der Waals surface area contributed by atoms with Crippen molar-refractivity contribution >= 4 is 17.4 Å². The molecule has 4 nitrogen and oxygen atoms in total. The molecule has 0 saturated heterocycles. The Bertz CT molecular complexity index is 600. The lowest BCUT2D eigenvalue weighted by Crippen LogP contribution is -2.48. The monoisotopic (exact) mass is 302 g/mol. The van der Waals surface area contributed by atoms with Crippen LogP contribution < -0.4 is 5.73 Å². The molecule has 2 rings (SSSR count). The third-order valence-corrected chi connectivity index (χ3v) is 4.14. The maximum atomic E-state index is 12.8. The van der Waals surface area contributed by atoms with Crippen LogP contribution in [-0.2, 0) is 16.0 Å². The molecule has 1 aliphatic heterocycles. The average Bonchev–Trinajstić information content (AvgIpc) is 2.43. The van der Waals surface area contributed by atoms with E-state index in [1.54, 1.807) is 4.90 Å². The number of ketones is 1. The van der Waals surface area contributed by atoms with Crippen molar-refractivity contribution < 1.29 is 9.59 Å². The van der Waals surface area contributed by atoms with Gasteiger partial charge >= 0.3 is 0 Å². The van der Waals surface area contributed by atoms with Crippen LogP contribution >= 0.6 is 0 Å². The minimum atomic E-state index is -0.499. The number of nitrogens with zero attached hydrogens (tertiary/aromatic N) is 1. The number of hydrogen-bond acceptors (Lipinski definition) is 3. The van der Waals surface area contributed by atoms with Crippen LogP contribution in [0.1, 0.15) is 51.8 Å². The molecule has 4 heteroatoms. The zero-order valence-corrected chi connectivity index (χ0v) is 14.1. The zero-order valence-electron chi connectivity index (χ0n) is 14.1. The number of hydrogen-bond donors (Lipinski definition) is 1. The van der Waals surface area contributed by atoms with Crippen molar-refractivity contribution in [3.63, 3.8) is 0 Å². The summed E-state index contributed by atoms with van der Waals surface area (Å²) in [4.78, 5) is 27.3. The van der Waals surface area contributed by atoms with Gasteiger partial charge in [-0.05, 0) is 29.7 Å². The number of carbonyl (C=O) groups is 2. The van der Waals surface area contributed by atoms with Crippen LogP contribution in [0, 0.1) is 11.3 Å². The molecule has 0 fully saturated rings. The summed E-state index contributed by atoms with van der Waals surface area (Å²) >= 11 is 0. The fourth-order valence-corrected chi connectivity index (χ4v) is 2.92. The van der Waals surface area contributed by atoms with Gasteiger partial charge in [0.2, 0.25) is 5.91 Å². The van der Waals surface area contributed by atoms with Gasteiger partial charge in [-0.15, -0.1) is 0 Å². The maximum Gasteiger partial charge on any atom is 0.228 e. The minimum Gasteiger partial charge on any atom is -0.399 e.